The lowest BCUT2D eigenvalue weighted by Gasteiger charge is -2.04. The van der Waals surface area contributed by atoms with Crippen LogP contribution in [0, 0.1) is 0 Å². The van der Waals surface area contributed by atoms with Crippen LogP contribution in [0.2, 0.25) is 5.15 Å². The minimum Gasteiger partial charge on any atom is -0.481 e. The molecule has 4 nitrogen and oxygen atoms in total. The number of halogens is 1. The van der Waals surface area contributed by atoms with E-state index < -0.39 is 5.97 Å². The summed E-state index contributed by atoms with van der Waals surface area (Å²) < 4.78 is 1.75. The Morgan fingerprint density at radius 1 is 1.53 bits per heavy atom. The molecule has 0 aromatic carbocycles. The molecular weight excluding hydrogens is 216 g/mol. The van der Waals surface area contributed by atoms with Crippen molar-refractivity contribution in [3.63, 3.8) is 0 Å². The molecule has 0 bridgehead atoms. The normalized spacial score (nSPS) is 10.7. The number of imidazole rings is 1. The van der Waals surface area contributed by atoms with Crippen LogP contribution in [0.25, 0.3) is 5.65 Å². The van der Waals surface area contributed by atoms with Crippen molar-refractivity contribution in [3.05, 3.63) is 35.2 Å². The second kappa shape index (κ2) is 3.90. The Kier molecular flexibility index (Phi) is 2.60. The zero-order chi connectivity index (χ0) is 10.8. The number of carboxylic acid groups (broad SMARTS) is 1. The van der Waals surface area contributed by atoms with Crippen LogP contribution in [0.15, 0.2) is 24.4 Å². The number of aromatic nitrogens is 2. The summed E-state index contributed by atoms with van der Waals surface area (Å²) in [5, 5.41) is 9.11. The molecule has 0 fully saturated rings. The summed E-state index contributed by atoms with van der Waals surface area (Å²) in [6, 6.07) is 5.52. The van der Waals surface area contributed by atoms with Gasteiger partial charge in [-0.25, -0.2) is 4.98 Å². The number of pyridine rings is 1. The molecule has 15 heavy (non-hydrogen) atoms. The first-order chi connectivity index (χ1) is 7.18. The lowest BCUT2D eigenvalue weighted by molar-refractivity contribution is -0.136. The van der Waals surface area contributed by atoms with E-state index in [1.165, 1.54) is 0 Å². The van der Waals surface area contributed by atoms with Gasteiger partial charge in [0.2, 0.25) is 0 Å². The summed E-state index contributed by atoms with van der Waals surface area (Å²) in [5.41, 5.74) is 1.60. The van der Waals surface area contributed by atoms with Crippen molar-refractivity contribution in [2.45, 2.75) is 12.8 Å². The fourth-order valence-electron chi connectivity index (χ4n) is 1.50. The van der Waals surface area contributed by atoms with Crippen molar-refractivity contribution in [2.24, 2.45) is 0 Å². The van der Waals surface area contributed by atoms with Crippen LogP contribution in [-0.4, -0.2) is 20.5 Å². The largest absolute Gasteiger partial charge is 0.481 e. The average Bonchev–Trinajstić information content (AvgIpc) is 2.58. The molecule has 0 aliphatic heterocycles. The van der Waals surface area contributed by atoms with Crippen LogP contribution in [0.3, 0.4) is 0 Å². The van der Waals surface area contributed by atoms with Gasteiger partial charge < -0.3 is 5.11 Å². The van der Waals surface area contributed by atoms with E-state index in [0.29, 0.717) is 11.6 Å². The van der Waals surface area contributed by atoms with Gasteiger partial charge in [0, 0.05) is 5.69 Å². The van der Waals surface area contributed by atoms with Crippen molar-refractivity contribution in [3.8, 4) is 0 Å². The Morgan fingerprint density at radius 3 is 3.07 bits per heavy atom. The van der Waals surface area contributed by atoms with Gasteiger partial charge in [-0.3, -0.25) is 9.20 Å². The highest BCUT2D eigenvalue weighted by Gasteiger charge is 2.06. The van der Waals surface area contributed by atoms with E-state index in [1.54, 1.807) is 10.6 Å². The fraction of sp³-hybridized carbons (Fsp3) is 0.200. The number of rotatable bonds is 3. The van der Waals surface area contributed by atoms with Gasteiger partial charge >= 0.3 is 5.97 Å². The third-order valence-electron chi connectivity index (χ3n) is 2.16. The molecule has 0 atom stereocenters. The zero-order valence-electron chi connectivity index (χ0n) is 7.85. The van der Waals surface area contributed by atoms with Crippen LogP contribution in [0.5, 0.6) is 0 Å². The average molecular weight is 225 g/mol. The first kappa shape index (κ1) is 9.98. The molecule has 0 radical (unpaired) electrons. The summed E-state index contributed by atoms with van der Waals surface area (Å²) >= 11 is 5.95. The number of aliphatic carboxylic acids is 1. The molecule has 2 aromatic rings. The number of hydrogen-bond donors (Lipinski definition) is 1. The second-order valence-corrected chi connectivity index (χ2v) is 3.57. The summed E-state index contributed by atoms with van der Waals surface area (Å²) in [6.45, 7) is 0. The van der Waals surface area contributed by atoms with Crippen LogP contribution >= 0.6 is 11.6 Å². The van der Waals surface area contributed by atoms with E-state index in [1.807, 2.05) is 18.2 Å². The molecule has 2 rings (SSSR count). The Hall–Kier alpha value is -1.55. The highest BCUT2D eigenvalue weighted by Crippen LogP contribution is 2.16. The van der Waals surface area contributed by atoms with Gasteiger partial charge in [0.15, 0.2) is 0 Å². The molecule has 5 heteroatoms. The standard InChI is InChI=1S/C10H9ClN2O2/c11-8-6-12-9-3-1-2-7(13(8)9)4-5-10(14)15/h1-3,6H,4-5H2,(H,14,15). The Morgan fingerprint density at radius 2 is 2.33 bits per heavy atom. The topological polar surface area (TPSA) is 54.6 Å². The highest BCUT2D eigenvalue weighted by atomic mass is 35.5. The molecule has 0 saturated heterocycles. The molecule has 1 N–H and O–H groups in total. The van der Waals surface area contributed by atoms with Crippen molar-refractivity contribution in [2.75, 3.05) is 0 Å². The van der Waals surface area contributed by atoms with Crippen molar-refractivity contribution < 1.29 is 9.90 Å². The summed E-state index contributed by atoms with van der Waals surface area (Å²) in [6.07, 6.45) is 2.09. The van der Waals surface area contributed by atoms with Gasteiger partial charge in [-0.15, -0.1) is 0 Å². The molecule has 2 aromatic heterocycles. The SMILES string of the molecule is O=C(O)CCc1cccc2ncc(Cl)n12. The van der Waals surface area contributed by atoms with E-state index in [9.17, 15) is 4.79 Å². The molecule has 0 aliphatic rings. The van der Waals surface area contributed by atoms with Gasteiger partial charge in [-0.1, -0.05) is 17.7 Å². The van der Waals surface area contributed by atoms with E-state index >= 15 is 0 Å². The molecule has 0 aliphatic carbocycles. The molecule has 0 unspecified atom stereocenters. The number of aryl methyl sites for hydroxylation is 1. The van der Waals surface area contributed by atoms with E-state index in [0.717, 1.165) is 11.3 Å². The van der Waals surface area contributed by atoms with Crippen LogP contribution in [0.1, 0.15) is 12.1 Å². The molecule has 78 valence electrons. The fourth-order valence-corrected chi connectivity index (χ4v) is 1.74. The third-order valence-corrected chi connectivity index (χ3v) is 2.43. The smallest absolute Gasteiger partial charge is 0.303 e. The Labute approximate surface area is 91.1 Å². The number of carboxylic acids is 1. The lowest BCUT2D eigenvalue weighted by Crippen LogP contribution is -2.02. The minimum atomic E-state index is -0.816. The molecule has 0 amide bonds. The third kappa shape index (κ3) is 1.94. The monoisotopic (exact) mass is 224 g/mol. The molecule has 2 heterocycles. The lowest BCUT2D eigenvalue weighted by atomic mass is 10.2. The van der Waals surface area contributed by atoms with Crippen LogP contribution < -0.4 is 0 Å². The number of hydrogen-bond acceptors (Lipinski definition) is 2. The summed E-state index contributed by atoms with van der Waals surface area (Å²) in [7, 11) is 0. The molecule has 0 spiro atoms. The predicted molar refractivity (Wildman–Crippen MR) is 56.2 cm³/mol. The number of fused-ring (bicyclic) bond motifs is 1. The van der Waals surface area contributed by atoms with Crippen LogP contribution in [-0.2, 0) is 11.2 Å². The Bertz CT molecular complexity index is 507. The van der Waals surface area contributed by atoms with Crippen molar-refractivity contribution in [1.82, 2.24) is 9.38 Å². The first-order valence-electron chi connectivity index (χ1n) is 4.51. The maximum absolute atomic E-state index is 10.5. The van der Waals surface area contributed by atoms with Gasteiger partial charge in [0.05, 0.1) is 12.6 Å². The van der Waals surface area contributed by atoms with E-state index in [2.05, 4.69) is 4.98 Å². The molecule has 0 saturated carbocycles. The minimum absolute atomic E-state index is 0.0909. The van der Waals surface area contributed by atoms with Gasteiger partial charge in [-0.05, 0) is 18.6 Å². The quantitative estimate of drug-likeness (QED) is 0.868. The van der Waals surface area contributed by atoms with Gasteiger partial charge in [-0.2, -0.15) is 0 Å². The van der Waals surface area contributed by atoms with Crippen molar-refractivity contribution >= 4 is 23.2 Å². The maximum atomic E-state index is 10.5. The highest BCUT2D eigenvalue weighted by molar-refractivity contribution is 6.29. The zero-order valence-corrected chi connectivity index (χ0v) is 8.61. The van der Waals surface area contributed by atoms with Crippen molar-refractivity contribution in [1.29, 1.82) is 0 Å². The second-order valence-electron chi connectivity index (χ2n) is 3.19. The van der Waals surface area contributed by atoms with Gasteiger partial charge in [0.1, 0.15) is 10.8 Å². The summed E-state index contributed by atoms with van der Waals surface area (Å²) in [5.74, 6) is -0.816. The predicted octanol–water partition coefficient (Wildman–Crippen LogP) is 2.00. The van der Waals surface area contributed by atoms with E-state index in [-0.39, 0.29) is 6.42 Å². The number of nitrogens with zero attached hydrogens (tertiary/aromatic N) is 2. The first-order valence-corrected chi connectivity index (χ1v) is 4.89. The van der Waals surface area contributed by atoms with E-state index in [4.69, 9.17) is 16.7 Å². The van der Waals surface area contributed by atoms with Crippen LogP contribution in [0.4, 0.5) is 0 Å². The van der Waals surface area contributed by atoms with Gasteiger partial charge in [0.25, 0.3) is 0 Å². The number of carbonyl (C=O) groups is 1. The Balaban J connectivity index is 2.41. The maximum Gasteiger partial charge on any atom is 0.303 e. The summed E-state index contributed by atoms with van der Waals surface area (Å²) in [4.78, 5) is 14.6. The molecular formula is C10H9ClN2O2.